The number of methoxy groups -OCH3 is 1. The molecular weight excluding hydrogens is 262 g/mol. The Hall–Kier alpha value is -1.82. The zero-order valence-corrected chi connectivity index (χ0v) is 12.2. The second-order valence-corrected chi connectivity index (χ2v) is 4.88. The predicted molar refractivity (Wildman–Crippen MR) is 80.6 cm³/mol. The van der Waals surface area contributed by atoms with Gasteiger partial charge in [0, 0.05) is 17.7 Å². The van der Waals surface area contributed by atoms with Gasteiger partial charge in [0.1, 0.15) is 10.7 Å². The Morgan fingerprint density at radius 1 is 1.42 bits per heavy atom. The van der Waals surface area contributed by atoms with E-state index in [1.165, 1.54) is 0 Å². The Bertz CT molecular complexity index is 489. The molecule has 0 fully saturated rings. The summed E-state index contributed by atoms with van der Waals surface area (Å²) >= 11 is 5.04. The van der Waals surface area contributed by atoms with Crippen molar-refractivity contribution in [1.29, 1.82) is 0 Å². The predicted octanol–water partition coefficient (Wildman–Crippen LogP) is 1.03. The largest absolute Gasteiger partial charge is 0.497 e. The summed E-state index contributed by atoms with van der Waals surface area (Å²) < 4.78 is 5.20. The van der Waals surface area contributed by atoms with Gasteiger partial charge in [-0.15, -0.1) is 0 Å². The second-order valence-electron chi connectivity index (χ2n) is 4.44. The fourth-order valence-corrected chi connectivity index (χ4v) is 1.97. The van der Waals surface area contributed by atoms with Crippen molar-refractivity contribution in [1.82, 2.24) is 0 Å². The van der Waals surface area contributed by atoms with Crippen molar-refractivity contribution in [2.24, 2.45) is 11.5 Å². The number of hydrogen-bond acceptors (Lipinski definition) is 4. The van der Waals surface area contributed by atoms with Crippen molar-refractivity contribution in [2.75, 3.05) is 18.6 Å². The number of benzene rings is 1. The smallest absolute Gasteiger partial charge is 0.236 e. The Labute approximate surface area is 118 Å². The number of anilines is 1. The zero-order chi connectivity index (χ0) is 14.6. The molecule has 0 saturated carbocycles. The normalized spacial score (nSPS) is 10.3. The molecule has 0 bridgehead atoms. The number of amides is 1. The van der Waals surface area contributed by atoms with E-state index in [2.05, 4.69) is 0 Å². The Morgan fingerprint density at radius 2 is 2.05 bits per heavy atom. The van der Waals surface area contributed by atoms with Crippen LogP contribution in [0.3, 0.4) is 0 Å². The molecule has 0 heterocycles. The number of primary amides is 1. The maximum absolute atomic E-state index is 11.2. The molecule has 0 unspecified atom stereocenters. The summed E-state index contributed by atoms with van der Waals surface area (Å²) in [7, 11) is 1.58. The van der Waals surface area contributed by atoms with E-state index in [-0.39, 0.29) is 17.6 Å². The van der Waals surface area contributed by atoms with Crippen LogP contribution in [0.2, 0.25) is 0 Å². The summed E-state index contributed by atoms with van der Waals surface area (Å²) in [5.74, 6) is 0.260. The average Bonchev–Trinajstić information content (AvgIpc) is 2.34. The highest BCUT2D eigenvalue weighted by atomic mass is 32.1. The van der Waals surface area contributed by atoms with E-state index in [0.717, 1.165) is 5.69 Å². The molecule has 1 amide bonds. The number of nitrogens with two attached hydrogens (primary N) is 2. The monoisotopic (exact) mass is 281 g/mol. The lowest BCUT2D eigenvalue weighted by Gasteiger charge is -2.29. The minimum Gasteiger partial charge on any atom is -0.497 e. The Morgan fingerprint density at radius 3 is 2.47 bits per heavy atom. The minimum atomic E-state index is -0.412. The van der Waals surface area contributed by atoms with Crippen LogP contribution in [0.1, 0.15) is 19.4 Å². The topological polar surface area (TPSA) is 81.6 Å². The first-order chi connectivity index (χ1) is 8.86. The van der Waals surface area contributed by atoms with E-state index in [9.17, 15) is 4.79 Å². The SMILES string of the molecule is COc1ccc(C(N)=S)c(N(CC(N)=O)C(C)C)c1. The number of carbonyl (C=O) groups is 1. The molecule has 0 radical (unpaired) electrons. The number of carbonyl (C=O) groups excluding carboxylic acids is 1. The molecule has 0 aromatic heterocycles. The standard InChI is InChI=1S/C13H19N3O2S/c1-8(2)16(7-12(14)17)11-6-9(18-3)4-5-10(11)13(15)19/h4-6,8H,7H2,1-3H3,(H2,14,17)(H2,15,19). The molecule has 1 rings (SSSR count). The third-order valence-corrected chi connectivity index (χ3v) is 2.95. The van der Waals surface area contributed by atoms with Gasteiger partial charge >= 0.3 is 0 Å². The van der Waals surface area contributed by atoms with Gasteiger partial charge in [-0.2, -0.15) is 0 Å². The molecule has 0 saturated heterocycles. The first kappa shape index (κ1) is 15.2. The molecule has 6 heteroatoms. The molecule has 0 aliphatic carbocycles. The molecule has 4 N–H and O–H groups in total. The third kappa shape index (κ3) is 3.82. The van der Waals surface area contributed by atoms with E-state index < -0.39 is 5.91 Å². The quantitative estimate of drug-likeness (QED) is 0.761. The van der Waals surface area contributed by atoms with Gasteiger partial charge in [0.25, 0.3) is 0 Å². The lowest BCUT2D eigenvalue weighted by Crippen LogP contribution is -2.39. The molecule has 104 valence electrons. The van der Waals surface area contributed by atoms with Crippen LogP contribution in [-0.4, -0.2) is 30.6 Å². The van der Waals surface area contributed by atoms with Gasteiger partial charge < -0.3 is 21.1 Å². The van der Waals surface area contributed by atoms with Crippen molar-refractivity contribution < 1.29 is 9.53 Å². The van der Waals surface area contributed by atoms with E-state index in [0.29, 0.717) is 11.3 Å². The Balaban J connectivity index is 3.32. The van der Waals surface area contributed by atoms with Crippen LogP contribution in [0.5, 0.6) is 5.75 Å². The Kier molecular flexibility index (Phi) is 5.11. The number of ether oxygens (including phenoxy) is 1. The van der Waals surface area contributed by atoms with Crippen molar-refractivity contribution in [3.63, 3.8) is 0 Å². The summed E-state index contributed by atoms with van der Waals surface area (Å²) in [5, 5.41) is 0. The molecule has 0 spiro atoms. The number of nitrogens with zero attached hydrogens (tertiary/aromatic N) is 1. The maximum atomic E-state index is 11.2. The van der Waals surface area contributed by atoms with Gasteiger partial charge in [-0.3, -0.25) is 4.79 Å². The summed E-state index contributed by atoms with van der Waals surface area (Å²) in [4.78, 5) is 13.3. The van der Waals surface area contributed by atoms with Crippen molar-refractivity contribution in [2.45, 2.75) is 19.9 Å². The maximum Gasteiger partial charge on any atom is 0.236 e. The number of hydrogen-bond donors (Lipinski definition) is 2. The molecule has 0 aliphatic rings. The summed E-state index contributed by atoms with van der Waals surface area (Å²) in [6.45, 7) is 4.03. The number of rotatable bonds is 6. The molecule has 19 heavy (non-hydrogen) atoms. The molecule has 5 nitrogen and oxygen atoms in total. The summed E-state index contributed by atoms with van der Waals surface area (Å²) in [6.07, 6.45) is 0. The molecule has 0 atom stereocenters. The molecule has 0 aliphatic heterocycles. The lowest BCUT2D eigenvalue weighted by molar-refractivity contribution is -0.116. The van der Waals surface area contributed by atoms with Crippen LogP contribution >= 0.6 is 12.2 Å². The van der Waals surface area contributed by atoms with Gasteiger partial charge in [-0.1, -0.05) is 12.2 Å². The minimum absolute atomic E-state index is 0.0766. The van der Waals surface area contributed by atoms with Crippen LogP contribution in [0.15, 0.2) is 18.2 Å². The first-order valence-electron chi connectivity index (χ1n) is 5.89. The van der Waals surface area contributed by atoms with Crippen LogP contribution in [0.25, 0.3) is 0 Å². The highest BCUT2D eigenvalue weighted by molar-refractivity contribution is 7.80. The highest BCUT2D eigenvalue weighted by Crippen LogP contribution is 2.27. The van der Waals surface area contributed by atoms with Crippen LogP contribution in [0.4, 0.5) is 5.69 Å². The zero-order valence-electron chi connectivity index (χ0n) is 11.3. The highest BCUT2D eigenvalue weighted by Gasteiger charge is 2.18. The molecular formula is C13H19N3O2S. The van der Waals surface area contributed by atoms with Crippen LogP contribution in [0, 0.1) is 0 Å². The van der Waals surface area contributed by atoms with Gasteiger partial charge in [-0.25, -0.2) is 0 Å². The average molecular weight is 281 g/mol. The molecule has 1 aromatic rings. The third-order valence-electron chi connectivity index (χ3n) is 2.73. The lowest BCUT2D eigenvalue weighted by atomic mass is 10.1. The van der Waals surface area contributed by atoms with Gasteiger partial charge in [0.15, 0.2) is 0 Å². The van der Waals surface area contributed by atoms with Crippen LogP contribution in [-0.2, 0) is 4.79 Å². The van der Waals surface area contributed by atoms with Gasteiger partial charge in [0.05, 0.1) is 19.3 Å². The van der Waals surface area contributed by atoms with Crippen molar-refractivity contribution in [3.8, 4) is 5.75 Å². The van der Waals surface area contributed by atoms with Crippen molar-refractivity contribution >= 4 is 28.8 Å². The number of thiocarbonyl (C=S) groups is 1. The molecule has 1 aromatic carbocycles. The van der Waals surface area contributed by atoms with Gasteiger partial charge in [-0.05, 0) is 26.0 Å². The van der Waals surface area contributed by atoms with Gasteiger partial charge in [0.2, 0.25) is 5.91 Å². The van der Waals surface area contributed by atoms with Crippen LogP contribution < -0.4 is 21.1 Å². The van der Waals surface area contributed by atoms with E-state index in [1.54, 1.807) is 25.3 Å². The van der Waals surface area contributed by atoms with E-state index in [1.807, 2.05) is 18.7 Å². The second kappa shape index (κ2) is 6.38. The first-order valence-corrected chi connectivity index (χ1v) is 6.30. The summed E-state index contributed by atoms with van der Waals surface area (Å²) in [5.41, 5.74) is 12.5. The van der Waals surface area contributed by atoms with Crippen molar-refractivity contribution in [3.05, 3.63) is 23.8 Å². The van der Waals surface area contributed by atoms with E-state index in [4.69, 9.17) is 28.4 Å². The summed E-state index contributed by atoms with van der Waals surface area (Å²) in [6, 6.07) is 5.44. The fourth-order valence-electron chi connectivity index (χ4n) is 1.80. The van der Waals surface area contributed by atoms with E-state index >= 15 is 0 Å². The fraction of sp³-hybridized carbons (Fsp3) is 0.385.